The molecule has 2 aromatic heterocycles. The van der Waals surface area contributed by atoms with E-state index in [0.717, 1.165) is 0 Å². The molecule has 0 radical (unpaired) electrons. The molecule has 2 aliphatic heterocycles. The van der Waals surface area contributed by atoms with Gasteiger partial charge in [0, 0.05) is 24.5 Å². The first-order valence-electron chi connectivity index (χ1n) is 10.3. The van der Waals surface area contributed by atoms with Crippen molar-refractivity contribution >= 4 is 16.8 Å². The average Bonchev–Trinajstić information content (AvgIpc) is 3.38. The number of hydrogen-bond donors (Lipinski definition) is 1. The van der Waals surface area contributed by atoms with Crippen LogP contribution in [0.1, 0.15) is 57.0 Å². The molecule has 0 saturated carbocycles. The van der Waals surface area contributed by atoms with Crippen LogP contribution in [0.5, 0.6) is 5.88 Å². The van der Waals surface area contributed by atoms with E-state index in [4.69, 9.17) is 0 Å². The number of benzene rings is 1. The van der Waals surface area contributed by atoms with E-state index in [2.05, 4.69) is 11.1 Å². The fraction of sp³-hybridized carbons (Fsp3) is 0.391. The maximum absolute atomic E-state index is 13.4. The van der Waals surface area contributed by atoms with Crippen LogP contribution in [0.3, 0.4) is 0 Å². The summed E-state index contributed by atoms with van der Waals surface area (Å²) < 4.78 is 2.90. The Morgan fingerprint density at radius 3 is 2.81 bits per heavy atom. The quantitative estimate of drug-likeness (QED) is 0.690. The molecule has 31 heavy (non-hydrogen) atoms. The summed E-state index contributed by atoms with van der Waals surface area (Å²) in [5, 5.41) is 21.1. The molecule has 1 N–H and O–H groups in total. The van der Waals surface area contributed by atoms with E-state index in [-0.39, 0.29) is 35.0 Å². The molecule has 4 heterocycles. The number of hydrogen-bond acceptors (Lipinski definition) is 5. The Morgan fingerprint density at radius 1 is 1.32 bits per heavy atom. The average molecular weight is 417 g/mol. The number of amides is 1. The van der Waals surface area contributed by atoms with Gasteiger partial charge in [0.1, 0.15) is 11.8 Å². The summed E-state index contributed by atoms with van der Waals surface area (Å²) in [6, 6.07) is 8.43. The van der Waals surface area contributed by atoms with Crippen molar-refractivity contribution in [2.45, 2.75) is 45.7 Å². The van der Waals surface area contributed by atoms with Crippen molar-refractivity contribution in [1.82, 2.24) is 19.0 Å². The summed E-state index contributed by atoms with van der Waals surface area (Å²) in [5.41, 5.74) is 1.37. The number of carbonyl (C=O) groups excluding carboxylic acids is 1. The number of aromatic nitrogens is 3. The number of nitriles is 1. The Morgan fingerprint density at radius 2 is 2.10 bits per heavy atom. The number of fused-ring (bicyclic) bond motifs is 6. The number of imidazole rings is 1. The SMILES string of the molecule is CC(C)(C)CC(=O)N1CC2CC1c1c(O)n(-c3ccc(C#N)c4ncccc34)c(=O)n12. The summed E-state index contributed by atoms with van der Waals surface area (Å²) in [6.07, 6.45) is 2.65. The van der Waals surface area contributed by atoms with Crippen LogP contribution in [-0.2, 0) is 4.79 Å². The zero-order chi connectivity index (χ0) is 22.1. The molecule has 5 rings (SSSR count). The Labute approximate surface area is 179 Å². The zero-order valence-corrected chi connectivity index (χ0v) is 17.7. The van der Waals surface area contributed by atoms with Crippen LogP contribution < -0.4 is 5.69 Å². The minimum atomic E-state index is -0.335. The number of carbonyl (C=O) groups is 1. The lowest BCUT2D eigenvalue weighted by molar-refractivity contribution is -0.134. The minimum Gasteiger partial charge on any atom is -0.493 e. The molecule has 2 atom stereocenters. The molecule has 1 fully saturated rings. The van der Waals surface area contributed by atoms with Gasteiger partial charge in [-0.2, -0.15) is 5.26 Å². The number of rotatable bonds is 2. The second-order valence-corrected chi connectivity index (χ2v) is 9.53. The fourth-order valence-electron chi connectivity index (χ4n) is 4.94. The standard InChI is InChI=1S/C23H23N5O3/c1-23(2,3)10-18(29)26-12-14-9-17(26)20-21(30)28(22(31)27(14)20)16-7-6-13(11-24)19-15(16)5-4-8-25-19/h4-8,14,17,30H,9-10,12H2,1-3H3. The second-order valence-electron chi connectivity index (χ2n) is 9.53. The monoisotopic (exact) mass is 417 g/mol. The first-order chi connectivity index (χ1) is 14.7. The van der Waals surface area contributed by atoms with Crippen LogP contribution >= 0.6 is 0 Å². The van der Waals surface area contributed by atoms with Crippen molar-refractivity contribution in [2.75, 3.05) is 6.54 Å². The van der Waals surface area contributed by atoms with Gasteiger partial charge in [0.05, 0.1) is 28.9 Å². The number of pyridine rings is 1. The maximum Gasteiger partial charge on any atom is 0.336 e. The van der Waals surface area contributed by atoms with Crippen molar-refractivity contribution in [1.29, 1.82) is 5.26 Å². The van der Waals surface area contributed by atoms with Gasteiger partial charge in [-0.05, 0) is 36.1 Å². The predicted molar refractivity (Wildman–Crippen MR) is 114 cm³/mol. The van der Waals surface area contributed by atoms with Gasteiger partial charge in [-0.1, -0.05) is 20.8 Å². The Hall–Kier alpha value is -3.60. The van der Waals surface area contributed by atoms with Gasteiger partial charge in [-0.3, -0.25) is 14.3 Å². The van der Waals surface area contributed by atoms with E-state index in [1.54, 1.807) is 39.9 Å². The highest BCUT2D eigenvalue weighted by molar-refractivity contribution is 5.91. The summed E-state index contributed by atoms with van der Waals surface area (Å²) in [4.78, 5) is 32.3. The van der Waals surface area contributed by atoms with Crippen LogP contribution in [-0.4, -0.2) is 36.6 Å². The summed E-state index contributed by atoms with van der Waals surface area (Å²) in [7, 11) is 0. The van der Waals surface area contributed by atoms with E-state index >= 15 is 0 Å². The molecule has 3 aromatic rings. The van der Waals surface area contributed by atoms with Crippen LogP contribution in [0.2, 0.25) is 0 Å². The van der Waals surface area contributed by atoms with Crippen LogP contribution in [0.15, 0.2) is 35.3 Å². The van der Waals surface area contributed by atoms with Crippen LogP contribution in [0, 0.1) is 16.7 Å². The van der Waals surface area contributed by atoms with Crippen molar-refractivity contribution in [3.63, 3.8) is 0 Å². The van der Waals surface area contributed by atoms with Gasteiger partial charge >= 0.3 is 5.69 Å². The Balaban J connectivity index is 1.64. The van der Waals surface area contributed by atoms with Gasteiger partial charge in [-0.15, -0.1) is 0 Å². The van der Waals surface area contributed by atoms with Crippen molar-refractivity contribution in [2.24, 2.45) is 5.41 Å². The molecule has 158 valence electrons. The molecule has 8 heteroatoms. The third-order valence-electron chi connectivity index (χ3n) is 6.17. The largest absolute Gasteiger partial charge is 0.493 e. The normalized spacial score (nSPS) is 19.6. The third-order valence-corrected chi connectivity index (χ3v) is 6.17. The lowest BCUT2D eigenvalue weighted by Crippen LogP contribution is -2.39. The molecule has 1 aromatic carbocycles. The van der Waals surface area contributed by atoms with Gasteiger partial charge in [0.2, 0.25) is 11.8 Å². The molecule has 8 nitrogen and oxygen atoms in total. The predicted octanol–water partition coefficient (Wildman–Crippen LogP) is 3.03. The molecule has 2 aliphatic rings. The Kier molecular flexibility index (Phi) is 4.03. The first-order valence-corrected chi connectivity index (χ1v) is 10.3. The van der Waals surface area contributed by atoms with Crippen molar-refractivity contribution < 1.29 is 9.90 Å². The summed E-state index contributed by atoms with van der Waals surface area (Å²) in [5.74, 6) is -0.112. The molecule has 1 amide bonds. The molecule has 0 aliphatic carbocycles. The fourth-order valence-corrected chi connectivity index (χ4v) is 4.94. The number of likely N-dealkylation sites (tertiary alicyclic amines) is 1. The summed E-state index contributed by atoms with van der Waals surface area (Å²) >= 11 is 0. The molecular formula is C23H23N5O3. The third kappa shape index (κ3) is 2.76. The van der Waals surface area contributed by atoms with E-state index in [9.17, 15) is 20.0 Å². The van der Waals surface area contributed by atoms with Crippen molar-refractivity contribution in [3.05, 3.63) is 52.2 Å². The lowest BCUT2D eigenvalue weighted by Gasteiger charge is -2.30. The van der Waals surface area contributed by atoms with Crippen LogP contribution in [0.25, 0.3) is 16.6 Å². The molecule has 2 unspecified atom stereocenters. The maximum atomic E-state index is 13.4. The van der Waals surface area contributed by atoms with Crippen LogP contribution in [0.4, 0.5) is 0 Å². The number of aromatic hydroxyl groups is 1. The first kappa shape index (κ1) is 19.4. The van der Waals surface area contributed by atoms with Gasteiger partial charge in [-0.25, -0.2) is 9.36 Å². The van der Waals surface area contributed by atoms with Gasteiger partial charge in [0.15, 0.2) is 0 Å². The Bertz CT molecular complexity index is 1340. The summed E-state index contributed by atoms with van der Waals surface area (Å²) in [6.45, 7) is 6.54. The smallest absolute Gasteiger partial charge is 0.336 e. The van der Waals surface area contributed by atoms with Gasteiger partial charge in [0.25, 0.3) is 0 Å². The highest BCUT2D eigenvalue weighted by atomic mass is 16.3. The highest BCUT2D eigenvalue weighted by Gasteiger charge is 2.49. The minimum absolute atomic E-state index is 0.0406. The molecule has 0 spiro atoms. The topological polar surface area (TPSA) is 104 Å². The second kappa shape index (κ2) is 6.45. The van der Waals surface area contributed by atoms with Crippen molar-refractivity contribution in [3.8, 4) is 17.6 Å². The zero-order valence-electron chi connectivity index (χ0n) is 17.7. The molecule has 1 saturated heterocycles. The van der Waals surface area contributed by atoms with E-state index in [0.29, 0.717) is 47.2 Å². The number of nitrogens with zero attached hydrogens (tertiary/aromatic N) is 5. The molecule has 2 bridgehead atoms. The lowest BCUT2D eigenvalue weighted by atomic mass is 9.91. The molecular weight excluding hydrogens is 394 g/mol. The van der Waals surface area contributed by atoms with E-state index < -0.39 is 0 Å². The van der Waals surface area contributed by atoms with E-state index in [1.807, 2.05) is 20.8 Å². The highest BCUT2D eigenvalue weighted by Crippen LogP contribution is 2.49. The van der Waals surface area contributed by atoms with E-state index in [1.165, 1.54) is 4.57 Å². The van der Waals surface area contributed by atoms with Gasteiger partial charge < -0.3 is 10.0 Å².